The highest BCUT2D eigenvalue weighted by molar-refractivity contribution is 7.99. The summed E-state index contributed by atoms with van der Waals surface area (Å²) in [6.45, 7) is 2.08. The minimum atomic E-state index is 0.257. The lowest BCUT2D eigenvalue weighted by Crippen LogP contribution is -1.73. The number of aromatic hydroxyl groups is 1. The normalized spacial score (nSPS) is 10.8. The van der Waals surface area contributed by atoms with Crippen molar-refractivity contribution in [3.05, 3.63) is 18.2 Å². The Morgan fingerprint density at radius 3 is 3.15 bits per heavy atom. The standard InChI is InChI=1S/C9H10N2OS/c1-2-13-9-10-7-4-3-6(12)5-8(7)11-9/h3-5,12H,2H2,1H3,(H,10,11). The molecule has 3 nitrogen and oxygen atoms in total. The van der Waals surface area contributed by atoms with Gasteiger partial charge in [-0.25, -0.2) is 4.98 Å². The SMILES string of the molecule is CCSc1nc2cc(O)ccc2[nH]1. The molecule has 0 spiro atoms. The molecule has 0 fully saturated rings. The van der Waals surface area contributed by atoms with Gasteiger partial charge in [0.25, 0.3) is 0 Å². The predicted octanol–water partition coefficient (Wildman–Crippen LogP) is 2.38. The molecule has 13 heavy (non-hydrogen) atoms. The van der Waals surface area contributed by atoms with E-state index in [1.165, 1.54) is 0 Å². The molecule has 0 aliphatic rings. The third-order valence-electron chi connectivity index (χ3n) is 1.73. The number of phenolic OH excluding ortho intramolecular Hbond substituents is 1. The summed E-state index contributed by atoms with van der Waals surface area (Å²) in [6.07, 6.45) is 0. The van der Waals surface area contributed by atoms with Crippen LogP contribution in [0.4, 0.5) is 0 Å². The lowest BCUT2D eigenvalue weighted by Gasteiger charge is -1.88. The van der Waals surface area contributed by atoms with Crippen molar-refractivity contribution in [3.63, 3.8) is 0 Å². The lowest BCUT2D eigenvalue weighted by molar-refractivity contribution is 0.476. The highest BCUT2D eigenvalue weighted by Crippen LogP contribution is 2.21. The highest BCUT2D eigenvalue weighted by atomic mass is 32.2. The molecule has 2 aromatic rings. The van der Waals surface area contributed by atoms with Gasteiger partial charge in [-0.2, -0.15) is 0 Å². The van der Waals surface area contributed by atoms with Crippen LogP contribution in [-0.2, 0) is 0 Å². The Morgan fingerprint density at radius 2 is 2.38 bits per heavy atom. The molecule has 0 amide bonds. The molecule has 0 aliphatic heterocycles. The number of rotatable bonds is 2. The summed E-state index contributed by atoms with van der Waals surface area (Å²) in [5.41, 5.74) is 1.78. The molecular formula is C9H10N2OS. The van der Waals surface area contributed by atoms with E-state index in [4.69, 9.17) is 0 Å². The van der Waals surface area contributed by atoms with Gasteiger partial charge >= 0.3 is 0 Å². The van der Waals surface area contributed by atoms with Gasteiger partial charge in [0.15, 0.2) is 5.16 Å². The number of aromatic nitrogens is 2. The van der Waals surface area contributed by atoms with E-state index in [2.05, 4.69) is 16.9 Å². The zero-order valence-corrected chi connectivity index (χ0v) is 8.06. The monoisotopic (exact) mass is 194 g/mol. The van der Waals surface area contributed by atoms with Gasteiger partial charge in [-0.05, 0) is 17.9 Å². The van der Waals surface area contributed by atoms with Crippen LogP contribution in [0.25, 0.3) is 11.0 Å². The molecule has 0 saturated heterocycles. The van der Waals surface area contributed by atoms with Gasteiger partial charge < -0.3 is 10.1 Å². The predicted molar refractivity (Wildman–Crippen MR) is 54.2 cm³/mol. The van der Waals surface area contributed by atoms with E-state index < -0.39 is 0 Å². The first kappa shape index (κ1) is 8.44. The summed E-state index contributed by atoms with van der Waals surface area (Å²) in [7, 11) is 0. The van der Waals surface area contributed by atoms with Crippen molar-refractivity contribution in [2.75, 3.05) is 5.75 Å². The van der Waals surface area contributed by atoms with Crippen LogP contribution in [0.15, 0.2) is 23.4 Å². The maximum atomic E-state index is 9.21. The third-order valence-corrected chi connectivity index (χ3v) is 2.48. The molecule has 0 radical (unpaired) electrons. The molecule has 1 aromatic heterocycles. The number of benzene rings is 1. The van der Waals surface area contributed by atoms with Crippen LogP contribution in [0.1, 0.15) is 6.92 Å². The molecule has 2 N–H and O–H groups in total. The average Bonchev–Trinajstić information content (AvgIpc) is 2.46. The number of phenols is 1. The lowest BCUT2D eigenvalue weighted by atomic mass is 10.3. The van der Waals surface area contributed by atoms with E-state index >= 15 is 0 Å². The Kier molecular flexibility index (Phi) is 2.14. The van der Waals surface area contributed by atoms with Crippen LogP contribution in [0.2, 0.25) is 0 Å². The number of imidazole rings is 1. The molecule has 1 heterocycles. The van der Waals surface area contributed by atoms with E-state index in [9.17, 15) is 5.11 Å². The van der Waals surface area contributed by atoms with Gasteiger partial charge in [-0.1, -0.05) is 18.7 Å². The Morgan fingerprint density at radius 1 is 1.54 bits per heavy atom. The zero-order valence-electron chi connectivity index (χ0n) is 7.24. The summed E-state index contributed by atoms with van der Waals surface area (Å²) in [5.74, 6) is 1.25. The smallest absolute Gasteiger partial charge is 0.166 e. The second-order valence-electron chi connectivity index (χ2n) is 2.68. The van der Waals surface area contributed by atoms with E-state index in [0.29, 0.717) is 0 Å². The average molecular weight is 194 g/mol. The molecule has 2 rings (SSSR count). The van der Waals surface area contributed by atoms with Crippen LogP contribution < -0.4 is 0 Å². The van der Waals surface area contributed by atoms with E-state index in [0.717, 1.165) is 21.9 Å². The third kappa shape index (κ3) is 1.62. The second kappa shape index (κ2) is 3.30. The molecule has 0 unspecified atom stereocenters. The van der Waals surface area contributed by atoms with Crippen LogP contribution in [-0.4, -0.2) is 20.8 Å². The first-order valence-corrected chi connectivity index (χ1v) is 5.09. The fourth-order valence-electron chi connectivity index (χ4n) is 1.18. The summed E-state index contributed by atoms with van der Waals surface area (Å²) in [5, 5.41) is 10.1. The second-order valence-corrected chi connectivity index (χ2v) is 3.93. The molecule has 68 valence electrons. The van der Waals surface area contributed by atoms with Gasteiger partial charge in [0.05, 0.1) is 11.0 Å². The largest absolute Gasteiger partial charge is 0.508 e. The van der Waals surface area contributed by atoms with Crippen LogP contribution >= 0.6 is 11.8 Å². The number of fused-ring (bicyclic) bond motifs is 1. The van der Waals surface area contributed by atoms with E-state index in [-0.39, 0.29) is 5.75 Å². The van der Waals surface area contributed by atoms with Crippen molar-refractivity contribution in [2.45, 2.75) is 12.1 Å². The molecule has 0 aliphatic carbocycles. The first-order chi connectivity index (χ1) is 6.29. The van der Waals surface area contributed by atoms with Crippen LogP contribution in [0.3, 0.4) is 0 Å². The van der Waals surface area contributed by atoms with Crippen molar-refractivity contribution >= 4 is 22.8 Å². The van der Waals surface area contributed by atoms with Crippen molar-refractivity contribution < 1.29 is 5.11 Å². The fraction of sp³-hybridized carbons (Fsp3) is 0.222. The van der Waals surface area contributed by atoms with Crippen LogP contribution in [0, 0.1) is 0 Å². The molecule has 0 saturated carbocycles. The van der Waals surface area contributed by atoms with Gasteiger partial charge in [0.1, 0.15) is 5.75 Å². The fourth-order valence-corrected chi connectivity index (χ4v) is 1.79. The highest BCUT2D eigenvalue weighted by Gasteiger charge is 2.02. The Balaban J connectivity index is 2.49. The van der Waals surface area contributed by atoms with Crippen molar-refractivity contribution in [3.8, 4) is 5.75 Å². The Hall–Kier alpha value is -1.16. The minimum absolute atomic E-state index is 0.257. The van der Waals surface area contributed by atoms with Gasteiger partial charge in [-0.15, -0.1) is 0 Å². The van der Waals surface area contributed by atoms with Crippen molar-refractivity contribution in [2.24, 2.45) is 0 Å². The zero-order chi connectivity index (χ0) is 9.26. The summed E-state index contributed by atoms with van der Waals surface area (Å²) in [6, 6.07) is 5.14. The van der Waals surface area contributed by atoms with Crippen LogP contribution in [0.5, 0.6) is 5.75 Å². The maximum absolute atomic E-state index is 9.21. The quantitative estimate of drug-likeness (QED) is 0.721. The number of aromatic amines is 1. The van der Waals surface area contributed by atoms with Crippen molar-refractivity contribution in [1.29, 1.82) is 0 Å². The number of H-pyrrole nitrogens is 1. The number of nitrogens with one attached hydrogen (secondary N) is 1. The number of hydrogen-bond donors (Lipinski definition) is 2. The number of thioether (sulfide) groups is 1. The molecule has 0 bridgehead atoms. The number of nitrogens with zero attached hydrogens (tertiary/aromatic N) is 1. The molecule has 1 aromatic carbocycles. The Bertz CT molecular complexity index is 424. The summed E-state index contributed by atoms with van der Waals surface area (Å²) < 4.78 is 0. The Labute approximate surface area is 80.2 Å². The number of hydrogen-bond acceptors (Lipinski definition) is 3. The maximum Gasteiger partial charge on any atom is 0.166 e. The van der Waals surface area contributed by atoms with Gasteiger partial charge in [-0.3, -0.25) is 0 Å². The van der Waals surface area contributed by atoms with Crippen molar-refractivity contribution in [1.82, 2.24) is 9.97 Å². The molecule has 4 heteroatoms. The van der Waals surface area contributed by atoms with Gasteiger partial charge in [0, 0.05) is 6.07 Å². The summed E-state index contributed by atoms with van der Waals surface area (Å²) in [4.78, 5) is 7.48. The molecular weight excluding hydrogens is 184 g/mol. The molecule has 0 atom stereocenters. The first-order valence-electron chi connectivity index (χ1n) is 4.11. The topological polar surface area (TPSA) is 48.9 Å². The minimum Gasteiger partial charge on any atom is -0.508 e. The van der Waals surface area contributed by atoms with E-state index in [1.807, 2.05) is 6.07 Å². The van der Waals surface area contributed by atoms with E-state index in [1.54, 1.807) is 23.9 Å². The summed E-state index contributed by atoms with van der Waals surface area (Å²) >= 11 is 1.66. The van der Waals surface area contributed by atoms with Gasteiger partial charge in [0.2, 0.25) is 0 Å².